The highest BCUT2D eigenvalue weighted by Gasteiger charge is 2.35. The van der Waals surface area contributed by atoms with Crippen molar-refractivity contribution in [3.05, 3.63) is 0 Å². The van der Waals surface area contributed by atoms with Gasteiger partial charge >= 0.3 is 5.97 Å². The molecule has 0 radical (unpaired) electrons. The van der Waals surface area contributed by atoms with Crippen molar-refractivity contribution >= 4 is 5.97 Å². The Labute approximate surface area is 138 Å². The van der Waals surface area contributed by atoms with Crippen LogP contribution in [0.15, 0.2) is 0 Å². The Kier molecular flexibility index (Phi) is 11.5. The number of carbonyl (C=O) groups is 1. The van der Waals surface area contributed by atoms with Crippen LogP contribution in [0, 0.1) is 11.8 Å². The van der Waals surface area contributed by atoms with Gasteiger partial charge < -0.3 is 5.11 Å². The Morgan fingerprint density at radius 1 is 0.818 bits per heavy atom. The van der Waals surface area contributed by atoms with Crippen LogP contribution in [0.2, 0.25) is 0 Å². The molecular formula is C20H38O2. The van der Waals surface area contributed by atoms with Crippen molar-refractivity contribution in [1.82, 2.24) is 0 Å². The summed E-state index contributed by atoms with van der Waals surface area (Å²) in [6.45, 7) is 2.27. The van der Waals surface area contributed by atoms with Gasteiger partial charge in [0.1, 0.15) is 0 Å². The van der Waals surface area contributed by atoms with E-state index in [1.54, 1.807) is 0 Å². The molecule has 0 saturated heterocycles. The van der Waals surface area contributed by atoms with Gasteiger partial charge in [0, 0.05) is 0 Å². The summed E-state index contributed by atoms with van der Waals surface area (Å²) in [4.78, 5) is 11.1. The van der Waals surface area contributed by atoms with Crippen molar-refractivity contribution in [3.63, 3.8) is 0 Å². The van der Waals surface area contributed by atoms with E-state index in [2.05, 4.69) is 6.92 Å². The molecule has 0 amide bonds. The lowest BCUT2D eigenvalue weighted by atomic mass is 9.96. The first kappa shape index (κ1) is 19.5. The SMILES string of the molecule is CCCCCCCCCCCCCCCC(C(=O)O)C1CC1. The minimum Gasteiger partial charge on any atom is -0.481 e. The van der Waals surface area contributed by atoms with E-state index >= 15 is 0 Å². The second-order valence-corrected chi connectivity index (χ2v) is 7.31. The van der Waals surface area contributed by atoms with Crippen molar-refractivity contribution in [2.45, 2.75) is 110 Å². The fraction of sp³-hybridized carbons (Fsp3) is 0.950. The Morgan fingerprint density at radius 2 is 1.23 bits per heavy atom. The number of hydrogen-bond donors (Lipinski definition) is 1. The number of unbranched alkanes of at least 4 members (excludes halogenated alkanes) is 12. The molecule has 0 aliphatic heterocycles. The molecule has 0 bridgehead atoms. The van der Waals surface area contributed by atoms with Crippen LogP contribution in [0.1, 0.15) is 110 Å². The lowest BCUT2D eigenvalue weighted by Gasteiger charge is -2.10. The zero-order valence-corrected chi connectivity index (χ0v) is 14.8. The van der Waals surface area contributed by atoms with Gasteiger partial charge in [0.05, 0.1) is 5.92 Å². The van der Waals surface area contributed by atoms with Crippen molar-refractivity contribution in [2.24, 2.45) is 11.8 Å². The average Bonchev–Trinajstić information content (AvgIpc) is 3.32. The van der Waals surface area contributed by atoms with Crippen molar-refractivity contribution in [2.75, 3.05) is 0 Å². The number of aliphatic carboxylic acids is 1. The van der Waals surface area contributed by atoms with Crippen molar-refractivity contribution in [1.29, 1.82) is 0 Å². The summed E-state index contributed by atoms with van der Waals surface area (Å²) >= 11 is 0. The van der Waals surface area contributed by atoms with Gasteiger partial charge in [0.15, 0.2) is 0 Å². The maximum absolute atomic E-state index is 11.1. The topological polar surface area (TPSA) is 37.3 Å². The van der Waals surface area contributed by atoms with Crippen LogP contribution < -0.4 is 0 Å². The van der Waals surface area contributed by atoms with E-state index < -0.39 is 5.97 Å². The predicted octanol–water partition coefficient (Wildman–Crippen LogP) is 6.58. The summed E-state index contributed by atoms with van der Waals surface area (Å²) in [7, 11) is 0. The maximum atomic E-state index is 11.1. The van der Waals surface area contributed by atoms with E-state index in [0.29, 0.717) is 5.92 Å². The van der Waals surface area contributed by atoms with Crippen LogP contribution in [-0.4, -0.2) is 11.1 Å². The number of carboxylic acids is 1. The quantitative estimate of drug-likeness (QED) is 0.327. The highest BCUT2D eigenvalue weighted by atomic mass is 16.4. The number of carboxylic acid groups (broad SMARTS) is 1. The van der Waals surface area contributed by atoms with Crippen LogP contribution in [0.25, 0.3) is 0 Å². The Morgan fingerprint density at radius 3 is 1.59 bits per heavy atom. The molecule has 1 aliphatic carbocycles. The smallest absolute Gasteiger partial charge is 0.306 e. The zero-order valence-electron chi connectivity index (χ0n) is 14.8. The van der Waals surface area contributed by atoms with E-state index in [4.69, 9.17) is 0 Å². The van der Waals surface area contributed by atoms with Gasteiger partial charge in [-0.3, -0.25) is 4.79 Å². The summed E-state index contributed by atoms with van der Waals surface area (Å²) in [5, 5.41) is 9.17. The Bertz CT molecular complexity index is 271. The van der Waals surface area contributed by atoms with Crippen molar-refractivity contribution < 1.29 is 9.90 Å². The molecule has 1 aliphatic rings. The summed E-state index contributed by atoms with van der Waals surface area (Å²) < 4.78 is 0. The molecule has 2 nitrogen and oxygen atoms in total. The molecule has 1 saturated carbocycles. The molecule has 130 valence electrons. The Hall–Kier alpha value is -0.530. The van der Waals surface area contributed by atoms with E-state index in [9.17, 15) is 9.90 Å². The first-order valence-corrected chi connectivity index (χ1v) is 9.98. The van der Waals surface area contributed by atoms with Gasteiger partial charge in [0.25, 0.3) is 0 Å². The summed E-state index contributed by atoms with van der Waals surface area (Å²) in [5.74, 6) is -0.0797. The first-order valence-electron chi connectivity index (χ1n) is 9.98. The molecule has 1 N–H and O–H groups in total. The first-order chi connectivity index (χ1) is 10.8. The van der Waals surface area contributed by atoms with Crippen LogP contribution in [-0.2, 0) is 4.79 Å². The van der Waals surface area contributed by atoms with Crippen LogP contribution in [0.3, 0.4) is 0 Å². The van der Waals surface area contributed by atoms with E-state index in [-0.39, 0.29) is 5.92 Å². The third-order valence-electron chi connectivity index (χ3n) is 5.13. The van der Waals surface area contributed by atoms with Crippen LogP contribution in [0.4, 0.5) is 0 Å². The third kappa shape index (κ3) is 10.2. The standard InChI is InChI=1S/C20H38O2/c1-2-3-4-5-6-7-8-9-10-11-12-13-14-15-19(20(21)22)18-16-17-18/h18-19H,2-17H2,1H3,(H,21,22). The molecule has 0 aromatic carbocycles. The minimum atomic E-state index is -0.554. The van der Waals surface area contributed by atoms with E-state index in [0.717, 1.165) is 25.7 Å². The van der Waals surface area contributed by atoms with Crippen LogP contribution >= 0.6 is 0 Å². The maximum Gasteiger partial charge on any atom is 0.306 e. The lowest BCUT2D eigenvalue weighted by Crippen LogP contribution is -2.15. The molecule has 1 rings (SSSR count). The lowest BCUT2D eigenvalue weighted by molar-refractivity contribution is -0.142. The molecule has 0 heterocycles. The predicted molar refractivity (Wildman–Crippen MR) is 94.2 cm³/mol. The second-order valence-electron chi connectivity index (χ2n) is 7.31. The molecule has 0 spiro atoms. The molecule has 1 unspecified atom stereocenters. The average molecular weight is 311 g/mol. The van der Waals surface area contributed by atoms with E-state index in [1.165, 1.54) is 77.0 Å². The summed E-state index contributed by atoms with van der Waals surface area (Å²) in [6, 6.07) is 0. The molecule has 22 heavy (non-hydrogen) atoms. The van der Waals surface area contributed by atoms with Crippen molar-refractivity contribution in [3.8, 4) is 0 Å². The Balaban J connectivity index is 1.77. The second kappa shape index (κ2) is 13.0. The van der Waals surface area contributed by atoms with Gasteiger partial charge in [-0.2, -0.15) is 0 Å². The molecule has 0 aromatic rings. The largest absolute Gasteiger partial charge is 0.481 e. The fourth-order valence-electron chi connectivity index (χ4n) is 3.44. The normalized spacial score (nSPS) is 15.9. The monoisotopic (exact) mass is 310 g/mol. The summed E-state index contributed by atoms with van der Waals surface area (Å²) in [6.07, 6.45) is 20.8. The van der Waals surface area contributed by atoms with Gasteiger partial charge in [-0.1, -0.05) is 90.4 Å². The van der Waals surface area contributed by atoms with Gasteiger partial charge in [-0.25, -0.2) is 0 Å². The molecule has 1 fully saturated rings. The fourth-order valence-corrected chi connectivity index (χ4v) is 3.44. The summed E-state index contributed by atoms with van der Waals surface area (Å²) in [5.41, 5.74) is 0. The minimum absolute atomic E-state index is 0.0345. The molecule has 2 heteroatoms. The number of hydrogen-bond acceptors (Lipinski definition) is 1. The highest BCUT2D eigenvalue weighted by molar-refractivity contribution is 5.70. The van der Waals surface area contributed by atoms with Gasteiger partial charge in [-0.05, 0) is 25.2 Å². The van der Waals surface area contributed by atoms with E-state index in [1.807, 2.05) is 0 Å². The molecular weight excluding hydrogens is 272 g/mol. The van der Waals surface area contributed by atoms with Gasteiger partial charge in [-0.15, -0.1) is 0 Å². The van der Waals surface area contributed by atoms with Crippen LogP contribution in [0.5, 0.6) is 0 Å². The molecule has 1 atom stereocenters. The van der Waals surface area contributed by atoms with Gasteiger partial charge in [0.2, 0.25) is 0 Å². The third-order valence-corrected chi connectivity index (χ3v) is 5.13. The molecule has 0 aromatic heterocycles. The number of rotatable bonds is 16. The highest BCUT2D eigenvalue weighted by Crippen LogP contribution is 2.39. The zero-order chi connectivity index (χ0) is 16.0.